The molecule has 0 heterocycles. The number of hydrogen-bond donors (Lipinski definition) is 0. The second-order valence-electron chi connectivity index (χ2n) is 8.23. The Morgan fingerprint density at radius 2 is 1.81 bits per heavy atom. The van der Waals surface area contributed by atoms with Gasteiger partial charge in [-0.15, -0.1) is 0 Å². The highest BCUT2D eigenvalue weighted by Gasteiger charge is 2.44. The van der Waals surface area contributed by atoms with Gasteiger partial charge in [-0.05, 0) is 54.1 Å². The van der Waals surface area contributed by atoms with Gasteiger partial charge in [0.25, 0.3) is 0 Å². The fourth-order valence-corrected chi connectivity index (χ4v) is 3.34. The van der Waals surface area contributed by atoms with Crippen LogP contribution in [0.4, 0.5) is 0 Å². The van der Waals surface area contributed by atoms with Gasteiger partial charge < -0.3 is 4.74 Å². The maximum absolute atomic E-state index is 6.41. The Labute approximate surface area is 131 Å². The predicted molar refractivity (Wildman–Crippen MR) is 90.3 cm³/mol. The van der Waals surface area contributed by atoms with Crippen LogP contribution in [0.2, 0.25) is 0 Å². The predicted octanol–water partition coefficient (Wildman–Crippen LogP) is 5.75. The Morgan fingerprint density at radius 3 is 2.43 bits per heavy atom. The third-order valence-corrected chi connectivity index (χ3v) is 5.96. The molecule has 21 heavy (non-hydrogen) atoms. The van der Waals surface area contributed by atoms with Gasteiger partial charge in [-0.1, -0.05) is 58.9 Å². The molecule has 0 aromatic heterocycles. The van der Waals surface area contributed by atoms with Crippen molar-refractivity contribution < 1.29 is 4.74 Å². The Hall–Kier alpha value is -0.820. The van der Waals surface area contributed by atoms with Gasteiger partial charge in [0.2, 0.25) is 0 Å². The first-order chi connectivity index (χ1) is 9.74. The van der Waals surface area contributed by atoms with Crippen molar-refractivity contribution in [2.24, 2.45) is 16.7 Å². The molecule has 0 bridgehead atoms. The summed E-state index contributed by atoms with van der Waals surface area (Å²) in [7, 11) is 0. The fourth-order valence-electron chi connectivity index (χ4n) is 3.34. The molecule has 1 unspecified atom stereocenters. The Kier molecular flexibility index (Phi) is 4.82. The summed E-state index contributed by atoms with van der Waals surface area (Å²) in [6.07, 6.45) is 4.13. The number of aryl methyl sites for hydroxylation is 1. The van der Waals surface area contributed by atoms with E-state index < -0.39 is 0 Å². The molecule has 0 N–H and O–H groups in total. The summed E-state index contributed by atoms with van der Waals surface area (Å²) in [6.45, 7) is 14.8. The molecular weight excluding hydrogens is 256 g/mol. The second-order valence-corrected chi connectivity index (χ2v) is 8.23. The lowest BCUT2D eigenvalue weighted by molar-refractivity contribution is -0.103. The van der Waals surface area contributed by atoms with E-state index in [0.29, 0.717) is 11.5 Å². The molecule has 1 aromatic rings. The average Bonchev–Trinajstić information content (AvgIpc) is 2.41. The van der Waals surface area contributed by atoms with Gasteiger partial charge in [-0.2, -0.15) is 0 Å². The molecule has 1 aliphatic carbocycles. The van der Waals surface area contributed by atoms with E-state index in [4.69, 9.17) is 4.74 Å². The number of benzene rings is 1. The molecule has 1 aromatic carbocycles. The molecule has 1 nitrogen and oxygen atoms in total. The number of hydrogen-bond acceptors (Lipinski definition) is 1. The highest BCUT2D eigenvalue weighted by atomic mass is 16.5. The van der Waals surface area contributed by atoms with Crippen LogP contribution in [-0.2, 0) is 11.3 Å². The fraction of sp³-hybridized carbons (Fsp3) is 0.700. The minimum Gasteiger partial charge on any atom is -0.373 e. The summed E-state index contributed by atoms with van der Waals surface area (Å²) < 4.78 is 6.41. The van der Waals surface area contributed by atoms with E-state index in [9.17, 15) is 0 Å². The van der Waals surface area contributed by atoms with Crippen LogP contribution in [0, 0.1) is 23.7 Å². The van der Waals surface area contributed by atoms with Gasteiger partial charge in [-0.25, -0.2) is 0 Å². The molecule has 1 heteroatoms. The van der Waals surface area contributed by atoms with Crippen LogP contribution in [0.5, 0.6) is 0 Å². The minimum atomic E-state index is 0.289. The molecule has 1 aliphatic rings. The van der Waals surface area contributed by atoms with E-state index in [0.717, 1.165) is 12.5 Å². The zero-order chi connectivity index (χ0) is 15.7. The van der Waals surface area contributed by atoms with Crippen molar-refractivity contribution in [1.82, 2.24) is 0 Å². The SMILES string of the molecule is Cc1ccccc1CO[C@H]1CC(C)(C(C)C)CCC1(C)C. The maximum Gasteiger partial charge on any atom is 0.0723 e. The molecule has 118 valence electrons. The van der Waals surface area contributed by atoms with E-state index >= 15 is 0 Å². The van der Waals surface area contributed by atoms with E-state index in [1.54, 1.807) is 0 Å². The Morgan fingerprint density at radius 1 is 1.14 bits per heavy atom. The normalized spacial score (nSPS) is 28.8. The standard InChI is InChI=1S/C20H32O/c1-15(2)20(6)12-11-19(4,5)18(13-20)21-14-17-10-8-7-9-16(17)3/h7-10,15,18H,11-14H2,1-6H3/t18-,20?/m0/s1. The third kappa shape index (κ3) is 3.69. The maximum atomic E-state index is 6.41. The lowest BCUT2D eigenvalue weighted by Crippen LogP contribution is -2.44. The summed E-state index contributed by atoms with van der Waals surface area (Å²) in [4.78, 5) is 0. The zero-order valence-electron chi connectivity index (χ0n) is 14.7. The van der Waals surface area contributed by atoms with Gasteiger partial charge in [-0.3, -0.25) is 0 Å². The summed E-state index contributed by atoms with van der Waals surface area (Å²) in [5.41, 5.74) is 3.37. The van der Waals surface area contributed by atoms with Gasteiger partial charge in [0.15, 0.2) is 0 Å². The van der Waals surface area contributed by atoms with Crippen LogP contribution in [0.3, 0.4) is 0 Å². The average molecular weight is 288 g/mol. The lowest BCUT2D eigenvalue weighted by Gasteiger charge is -2.49. The minimum absolute atomic E-state index is 0.289. The van der Waals surface area contributed by atoms with E-state index in [-0.39, 0.29) is 5.41 Å². The summed E-state index contributed by atoms with van der Waals surface area (Å²) in [5.74, 6) is 0.721. The van der Waals surface area contributed by atoms with Crippen LogP contribution >= 0.6 is 0 Å². The molecule has 2 atom stereocenters. The molecular formula is C20H32O. The van der Waals surface area contributed by atoms with Crippen molar-refractivity contribution in [3.8, 4) is 0 Å². The molecule has 1 saturated carbocycles. The van der Waals surface area contributed by atoms with E-state index in [1.165, 1.54) is 30.4 Å². The summed E-state index contributed by atoms with van der Waals surface area (Å²) in [5, 5.41) is 0. The first-order valence-corrected chi connectivity index (χ1v) is 8.41. The molecule has 0 aliphatic heterocycles. The summed E-state index contributed by atoms with van der Waals surface area (Å²) >= 11 is 0. The van der Waals surface area contributed by atoms with Crippen molar-refractivity contribution in [2.45, 2.75) is 73.5 Å². The van der Waals surface area contributed by atoms with Gasteiger partial charge in [0.05, 0.1) is 12.7 Å². The zero-order valence-corrected chi connectivity index (χ0v) is 14.7. The quantitative estimate of drug-likeness (QED) is 0.685. The monoisotopic (exact) mass is 288 g/mol. The lowest BCUT2D eigenvalue weighted by atomic mass is 9.60. The molecule has 0 radical (unpaired) electrons. The number of ether oxygens (including phenoxy) is 1. The van der Waals surface area contributed by atoms with Crippen LogP contribution in [-0.4, -0.2) is 6.10 Å². The van der Waals surface area contributed by atoms with Crippen molar-refractivity contribution in [3.05, 3.63) is 35.4 Å². The van der Waals surface area contributed by atoms with Crippen LogP contribution in [0.25, 0.3) is 0 Å². The van der Waals surface area contributed by atoms with Crippen molar-refractivity contribution in [3.63, 3.8) is 0 Å². The first kappa shape index (κ1) is 16.5. The van der Waals surface area contributed by atoms with Crippen molar-refractivity contribution >= 4 is 0 Å². The molecule has 2 rings (SSSR count). The molecule has 0 saturated heterocycles. The third-order valence-electron chi connectivity index (χ3n) is 5.96. The molecule has 1 fully saturated rings. The van der Waals surface area contributed by atoms with Crippen LogP contribution in [0.15, 0.2) is 24.3 Å². The largest absolute Gasteiger partial charge is 0.373 e. The molecule has 0 spiro atoms. The Balaban J connectivity index is 2.07. The van der Waals surface area contributed by atoms with Gasteiger partial charge in [0, 0.05) is 0 Å². The van der Waals surface area contributed by atoms with Crippen molar-refractivity contribution in [1.29, 1.82) is 0 Å². The Bertz CT molecular complexity index is 474. The van der Waals surface area contributed by atoms with E-state index in [1.807, 2.05) is 0 Å². The van der Waals surface area contributed by atoms with Gasteiger partial charge in [0.1, 0.15) is 0 Å². The van der Waals surface area contributed by atoms with Crippen LogP contribution in [0.1, 0.15) is 65.0 Å². The highest BCUT2D eigenvalue weighted by molar-refractivity contribution is 5.24. The molecule has 0 amide bonds. The number of rotatable bonds is 4. The smallest absolute Gasteiger partial charge is 0.0723 e. The van der Waals surface area contributed by atoms with E-state index in [2.05, 4.69) is 65.8 Å². The summed E-state index contributed by atoms with van der Waals surface area (Å²) in [6, 6.07) is 8.56. The second kappa shape index (κ2) is 6.12. The van der Waals surface area contributed by atoms with Gasteiger partial charge >= 0.3 is 0 Å². The van der Waals surface area contributed by atoms with Crippen molar-refractivity contribution in [2.75, 3.05) is 0 Å². The topological polar surface area (TPSA) is 9.23 Å². The highest BCUT2D eigenvalue weighted by Crippen LogP contribution is 2.50. The first-order valence-electron chi connectivity index (χ1n) is 8.41. The van der Waals surface area contributed by atoms with Crippen LogP contribution < -0.4 is 0 Å².